The van der Waals surface area contributed by atoms with E-state index in [0.717, 1.165) is 10.1 Å². The first-order valence-electron chi connectivity index (χ1n) is 8.90. The third-order valence-corrected chi connectivity index (χ3v) is 4.82. The van der Waals surface area contributed by atoms with Gasteiger partial charge in [-0.1, -0.05) is 18.2 Å². The lowest BCUT2D eigenvalue weighted by molar-refractivity contribution is -0.137. The number of nitrogens with zero attached hydrogens (tertiary/aromatic N) is 1. The standard InChI is InChI=1S/C20H23N3O5S/c1-13-5-3-4-6-15(13)19(27)22-16(9-10-29-2)20(28)21-14-7-8-17(24)23(11-14)12-18(25)26/h3-8,11,16H,9-10,12H2,1-2H3,(H,21,28)(H,22,27)(H,25,26). The second-order valence-corrected chi connectivity index (χ2v) is 7.37. The Morgan fingerprint density at radius 2 is 1.90 bits per heavy atom. The van der Waals surface area contributed by atoms with Crippen LogP contribution in [0.5, 0.6) is 0 Å². The van der Waals surface area contributed by atoms with Crippen LogP contribution in [0, 0.1) is 6.92 Å². The van der Waals surface area contributed by atoms with Gasteiger partial charge in [0.1, 0.15) is 12.6 Å². The van der Waals surface area contributed by atoms with Crippen molar-refractivity contribution in [2.75, 3.05) is 17.3 Å². The fourth-order valence-electron chi connectivity index (χ4n) is 2.67. The Bertz CT molecular complexity index is 957. The largest absolute Gasteiger partial charge is 0.480 e. The number of aliphatic carboxylic acids is 1. The number of anilines is 1. The minimum absolute atomic E-state index is 0.273. The molecule has 0 aliphatic rings. The molecule has 3 N–H and O–H groups in total. The predicted octanol–water partition coefficient (Wildman–Crippen LogP) is 1.73. The van der Waals surface area contributed by atoms with E-state index >= 15 is 0 Å². The molecule has 0 aliphatic heterocycles. The minimum Gasteiger partial charge on any atom is -0.480 e. The van der Waals surface area contributed by atoms with E-state index < -0.39 is 30.0 Å². The number of hydrogen-bond donors (Lipinski definition) is 3. The zero-order chi connectivity index (χ0) is 21.4. The smallest absolute Gasteiger partial charge is 0.323 e. The van der Waals surface area contributed by atoms with Crippen molar-refractivity contribution in [2.24, 2.45) is 0 Å². The summed E-state index contributed by atoms with van der Waals surface area (Å²) in [6.07, 6.45) is 3.59. The molecule has 0 aliphatic carbocycles. The van der Waals surface area contributed by atoms with Crippen LogP contribution >= 0.6 is 11.8 Å². The highest BCUT2D eigenvalue weighted by Crippen LogP contribution is 2.11. The van der Waals surface area contributed by atoms with E-state index in [1.807, 2.05) is 25.3 Å². The van der Waals surface area contributed by atoms with Crippen molar-refractivity contribution >= 4 is 35.2 Å². The number of aryl methyl sites for hydroxylation is 1. The number of hydrogen-bond acceptors (Lipinski definition) is 5. The monoisotopic (exact) mass is 417 g/mol. The number of benzene rings is 1. The summed E-state index contributed by atoms with van der Waals surface area (Å²) < 4.78 is 0.987. The van der Waals surface area contributed by atoms with E-state index in [9.17, 15) is 19.2 Å². The number of aromatic nitrogens is 1. The van der Waals surface area contributed by atoms with E-state index in [1.165, 1.54) is 18.3 Å². The van der Waals surface area contributed by atoms with Crippen LogP contribution in [-0.2, 0) is 16.1 Å². The maximum absolute atomic E-state index is 12.7. The number of thioether (sulfide) groups is 1. The Kier molecular flexibility index (Phi) is 8.02. The highest BCUT2D eigenvalue weighted by Gasteiger charge is 2.22. The summed E-state index contributed by atoms with van der Waals surface area (Å²) in [7, 11) is 0. The van der Waals surface area contributed by atoms with E-state index in [4.69, 9.17) is 5.11 Å². The molecule has 2 amide bonds. The van der Waals surface area contributed by atoms with Crippen molar-refractivity contribution in [3.05, 3.63) is 64.1 Å². The van der Waals surface area contributed by atoms with Crippen LogP contribution < -0.4 is 16.2 Å². The quantitative estimate of drug-likeness (QED) is 0.572. The van der Waals surface area contributed by atoms with Gasteiger partial charge < -0.3 is 20.3 Å². The van der Waals surface area contributed by atoms with Crippen LogP contribution in [-0.4, -0.2) is 45.5 Å². The third-order valence-electron chi connectivity index (χ3n) is 4.18. The summed E-state index contributed by atoms with van der Waals surface area (Å²) in [6.45, 7) is 1.31. The topological polar surface area (TPSA) is 118 Å². The molecule has 0 fully saturated rings. The molecule has 1 heterocycles. The Balaban J connectivity index is 2.16. The number of carbonyl (C=O) groups excluding carboxylic acids is 2. The predicted molar refractivity (Wildman–Crippen MR) is 112 cm³/mol. The summed E-state index contributed by atoms with van der Waals surface area (Å²) in [6, 6.07) is 8.89. The number of pyridine rings is 1. The van der Waals surface area contributed by atoms with Gasteiger partial charge in [-0.15, -0.1) is 0 Å². The molecule has 1 atom stereocenters. The van der Waals surface area contributed by atoms with Crippen molar-refractivity contribution in [1.82, 2.24) is 9.88 Å². The van der Waals surface area contributed by atoms with Gasteiger partial charge in [0, 0.05) is 17.8 Å². The molecule has 2 rings (SSSR count). The lowest BCUT2D eigenvalue weighted by Gasteiger charge is -2.19. The summed E-state index contributed by atoms with van der Waals surface area (Å²) >= 11 is 1.55. The molecule has 9 heteroatoms. The average Bonchev–Trinajstić information content (AvgIpc) is 2.67. The molecule has 1 aromatic carbocycles. The summed E-state index contributed by atoms with van der Waals surface area (Å²) in [4.78, 5) is 48.0. The summed E-state index contributed by atoms with van der Waals surface area (Å²) in [5.41, 5.74) is 1.08. The van der Waals surface area contributed by atoms with Crippen LogP contribution in [0.2, 0.25) is 0 Å². The van der Waals surface area contributed by atoms with Gasteiger partial charge in [-0.25, -0.2) is 0 Å². The fourth-order valence-corrected chi connectivity index (χ4v) is 3.14. The van der Waals surface area contributed by atoms with Gasteiger partial charge in [-0.2, -0.15) is 11.8 Å². The molecular formula is C20H23N3O5S. The maximum Gasteiger partial charge on any atom is 0.323 e. The minimum atomic E-state index is -1.17. The maximum atomic E-state index is 12.7. The Labute approximate surface area is 172 Å². The van der Waals surface area contributed by atoms with Crippen LogP contribution in [0.4, 0.5) is 5.69 Å². The Morgan fingerprint density at radius 3 is 2.55 bits per heavy atom. The zero-order valence-electron chi connectivity index (χ0n) is 16.2. The van der Waals surface area contributed by atoms with Gasteiger partial charge in [-0.05, 0) is 43.0 Å². The molecule has 0 saturated carbocycles. The van der Waals surface area contributed by atoms with Crippen molar-refractivity contribution in [3.8, 4) is 0 Å². The molecule has 1 aromatic heterocycles. The van der Waals surface area contributed by atoms with Crippen molar-refractivity contribution in [1.29, 1.82) is 0 Å². The molecule has 2 aromatic rings. The van der Waals surface area contributed by atoms with Gasteiger partial charge in [-0.3, -0.25) is 19.2 Å². The first-order valence-corrected chi connectivity index (χ1v) is 10.3. The van der Waals surface area contributed by atoms with E-state index in [2.05, 4.69) is 10.6 Å². The van der Waals surface area contributed by atoms with Gasteiger partial charge in [0.2, 0.25) is 5.91 Å². The second kappa shape index (κ2) is 10.5. The number of nitrogens with one attached hydrogen (secondary N) is 2. The normalized spacial score (nSPS) is 11.5. The first-order chi connectivity index (χ1) is 13.8. The molecule has 8 nitrogen and oxygen atoms in total. The summed E-state index contributed by atoms with van der Waals surface area (Å²) in [5.74, 6) is -1.30. The van der Waals surface area contributed by atoms with Crippen LogP contribution in [0.25, 0.3) is 0 Å². The van der Waals surface area contributed by atoms with Gasteiger partial charge in [0.25, 0.3) is 11.5 Å². The molecule has 0 radical (unpaired) electrons. The average molecular weight is 417 g/mol. The molecule has 154 valence electrons. The molecule has 29 heavy (non-hydrogen) atoms. The van der Waals surface area contributed by atoms with E-state index in [1.54, 1.807) is 23.9 Å². The highest BCUT2D eigenvalue weighted by molar-refractivity contribution is 7.98. The van der Waals surface area contributed by atoms with Crippen LogP contribution in [0.15, 0.2) is 47.4 Å². The fraction of sp³-hybridized carbons (Fsp3) is 0.300. The third kappa shape index (κ3) is 6.49. The number of carboxylic acid groups (broad SMARTS) is 1. The molecule has 0 spiro atoms. The lowest BCUT2D eigenvalue weighted by atomic mass is 10.1. The molecule has 0 saturated heterocycles. The van der Waals surface area contributed by atoms with Gasteiger partial charge in [0.05, 0.1) is 5.69 Å². The number of rotatable bonds is 9. The second-order valence-electron chi connectivity index (χ2n) is 6.39. The van der Waals surface area contributed by atoms with Crippen molar-refractivity contribution in [2.45, 2.75) is 25.9 Å². The zero-order valence-corrected chi connectivity index (χ0v) is 17.0. The Morgan fingerprint density at radius 1 is 1.17 bits per heavy atom. The summed E-state index contributed by atoms with van der Waals surface area (Å²) in [5, 5.41) is 14.3. The van der Waals surface area contributed by atoms with Crippen molar-refractivity contribution in [3.63, 3.8) is 0 Å². The van der Waals surface area contributed by atoms with E-state index in [0.29, 0.717) is 17.7 Å². The number of carboxylic acids is 1. The molecule has 1 unspecified atom stereocenters. The van der Waals surface area contributed by atoms with Crippen LogP contribution in [0.3, 0.4) is 0 Å². The SMILES string of the molecule is CSCCC(NC(=O)c1ccccc1C)C(=O)Nc1ccc(=O)n(CC(=O)O)c1. The number of amides is 2. The molecular weight excluding hydrogens is 394 g/mol. The van der Waals surface area contributed by atoms with Crippen molar-refractivity contribution < 1.29 is 19.5 Å². The highest BCUT2D eigenvalue weighted by atomic mass is 32.2. The van der Waals surface area contributed by atoms with Crippen LogP contribution in [0.1, 0.15) is 22.3 Å². The number of carbonyl (C=O) groups is 3. The lowest BCUT2D eigenvalue weighted by Crippen LogP contribution is -2.44. The van der Waals surface area contributed by atoms with Gasteiger partial charge in [0.15, 0.2) is 0 Å². The van der Waals surface area contributed by atoms with E-state index in [-0.39, 0.29) is 11.6 Å². The Hall–Kier alpha value is -3.07. The van der Waals surface area contributed by atoms with Gasteiger partial charge >= 0.3 is 5.97 Å². The first kappa shape index (κ1) is 22.2. The molecule has 0 bridgehead atoms.